The lowest BCUT2D eigenvalue weighted by Gasteiger charge is -1.98. The zero-order valence-electron chi connectivity index (χ0n) is 10.4. The quantitative estimate of drug-likeness (QED) is 0.600. The van der Waals surface area contributed by atoms with Gasteiger partial charge in [-0.25, -0.2) is 4.79 Å². The van der Waals surface area contributed by atoms with Crippen LogP contribution >= 0.6 is 0 Å². The van der Waals surface area contributed by atoms with Crippen LogP contribution in [0.25, 0.3) is 5.52 Å². The van der Waals surface area contributed by atoms with Crippen molar-refractivity contribution in [3.8, 4) is 0 Å². The van der Waals surface area contributed by atoms with Crippen LogP contribution in [0.15, 0.2) is 30.6 Å². The molecule has 17 heavy (non-hydrogen) atoms. The van der Waals surface area contributed by atoms with Crippen LogP contribution in [0.2, 0.25) is 0 Å². The van der Waals surface area contributed by atoms with Crippen LogP contribution in [0.1, 0.15) is 37.2 Å². The largest absolute Gasteiger partial charge is 0.462 e. The highest BCUT2D eigenvalue weighted by Gasteiger charge is 2.23. The Morgan fingerprint density at radius 3 is 2.88 bits per heavy atom. The second-order valence-corrected chi connectivity index (χ2v) is 4.17. The van der Waals surface area contributed by atoms with Crippen molar-refractivity contribution in [3.05, 3.63) is 36.2 Å². The first-order valence-electron chi connectivity index (χ1n) is 5.83. The lowest BCUT2D eigenvalue weighted by Crippen LogP contribution is -2.41. The standard InChI is InChI=1S/C13H17N2O2/c1-4-17-13(16)11-9-15(10(2)3)14-8-6-5-7-12(11)14/h5-10H,4H2,1-3H3/q+1. The average molecular weight is 233 g/mol. The Balaban J connectivity index is 2.60. The van der Waals surface area contributed by atoms with Crippen molar-refractivity contribution < 1.29 is 14.2 Å². The summed E-state index contributed by atoms with van der Waals surface area (Å²) >= 11 is 0. The van der Waals surface area contributed by atoms with E-state index in [0.29, 0.717) is 12.2 Å². The molecule has 0 aromatic carbocycles. The number of hydrogen-bond donors (Lipinski definition) is 0. The van der Waals surface area contributed by atoms with E-state index >= 15 is 0 Å². The molecule has 2 aromatic rings. The Kier molecular flexibility index (Phi) is 3.13. The Hall–Kier alpha value is -1.84. The van der Waals surface area contributed by atoms with Gasteiger partial charge in [-0.05, 0) is 32.9 Å². The van der Waals surface area contributed by atoms with E-state index in [4.69, 9.17) is 4.74 Å². The third-order valence-corrected chi connectivity index (χ3v) is 2.65. The van der Waals surface area contributed by atoms with Gasteiger partial charge in [-0.1, -0.05) is 6.07 Å². The highest BCUT2D eigenvalue weighted by molar-refractivity contribution is 5.96. The van der Waals surface area contributed by atoms with Crippen LogP contribution in [0.4, 0.5) is 0 Å². The van der Waals surface area contributed by atoms with Gasteiger partial charge in [-0.2, -0.15) is 0 Å². The molecule has 0 aliphatic carbocycles. The van der Waals surface area contributed by atoms with Crippen molar-refractivity contribution in [2.24, 2.45) is 0 Å². The molecule has 0 amide bonds. The molecule has 4 heteroatoms. The summed E-state index contributed by atoms with van der Waals surface area (Å²) in [4.78, 5) is 11.8. The molecule has 4 nitrogen and oxygen atoms in total. The van der Waals surface area contributed by atoms with Gasteiger partial charge >= 0.3 is 5.97 Å². The fourth-order valence-electron chi connectivity index (χ4n) is 1.87. The van der Waals surface area contributed by atoms with E-state index in [0.717, 1.165) is 5.52 Å². The second kappa shape index (κ2) is 4.57. The maximum absolute atomic E-state index is 11.8. The third-order valence-electron chi connectivity index (χ3n) is 2.65. The smallest absolute Gasteiger partial charge is 0.346 e. The molecule has 0 bridgehead atoms. The number of ether oxygens (including phenoxy) is 1. The lowest BCUT2D eigenvalue weighted by molar-refractivity contribution is -0.777. The van der Waals surface area contributed by atoms with Crippen LogP contribution in [0.5, 0.6) is 0 Å². The predicted molar refractivity (Wildman–Crippen MR) is 63.9 cm³/mol. The first-order chi connectivity index (χ1) is 8.15. The summed E-state index contributed by atoms with van der Waals surface area (Å²) < 4.78 is 9.05. The van der Waals surface area contributed by atoms with Crippen molar-refractivity contribution in [2.45, 2.75) is 26.8 Å². The van der Waals surface area contributed by atoms with Gasteiger partial charge < -0.3 is 4.74 Å². The first-order valence-corrected chi connectivity index (χ1v) is 5.83. The lowest BCUT2D eigenvalue weighted by atomic mass is 10.2. The molecule has 2 aromatic heterocycles. The van der Waals surface area contributed by atoms with Crippen LogP contribution in [-0.4, -0.2) is 17.1 Å². The number of pyridine rings is 1. The van der Waals surface area contributed by atoms with Crippen LogP contribution in [-0.2, 0) is 4.74 Å². The summed E-state index contributed by atoms with van der Waals surface area (Å²) in [5.74, 6) is -0.268. The van der Waals surface area contributed by atoms with Gasteiger partial charge in [-0.3, -0.25) is 0 Å². The number of esters is 1. The summed E-state index contributed by atoms with van der Waals surface area (Å²) in [7, 11) is 0. The second-order valence-electron chi connectivity index (χ2n) is 4.17. The Morgan fingerprint density at radius 2 is 2.24 bits per heavy atom. The molecule has 0 N–H and O–H groups in total. The number of rotatable bonds is 3. The van der Waals surface area contributed by atoms with Crippen LogP contribution in [0.3, 0.4) is 0 Å². The molecule has 0 aliphatic heterocycles. The van der Waals surface area contributed by atoms with Crippen molar-refractivity contribution in [3.63, 3.8) is 0 Å². The van der Waals surface area contributed by atoms with E-state index in [1.807, 2.05) is 46.7 Å². The van der Waals surface area contributed by atoms with Crippen LogP contribution in [0, 0.1) is 0 Å². The van der Waals surface area contributed by atoms with Crippen LogP contribution < -0.4 is 4.68 Å². The zero-order valence-corrected chi connectivity index (χ0v) is 10.4. The zero-order chi connectivity index (χ0) is 12.4. The molecule has 0 atom stereocenters. The number of carbonyl (C=O) groups excluding carboxylic acids is 1. The van der Waals surface area contributed by atoms with E-state index in [-0.39, 0.29) is 12.0 Å². The molecule has 0 aliphatic rings. The Morgan fingerprint density at radius 1 is 1.47 bits per heavy atom. The molecule has 2 heterocycles. The number of fused-ring (bicyclic) bond motifs is 1. The maximum atomic E-state index is 11.8. The molecule has 0 unspecified atom stereocenters. The van der Waals surface area contributed by atoms with E-state index in [2.05, 4.69) is 13.8 Å². The molecular weight excluding hydrogens is 216 g/mol. The van der Waals surface area contributed by atoms with E-state index in [1.165, 1.54) is 0 Å². The van der Waals surface area contributed by atoms with Gasteiger partial charge in [0.15, 0.2) is 11.6 Å². The van der Waals surface area contributed by atoms with Gasteiger partial charge in [0, 0.05) is 0 Å². The van der Waals surface area contributed by atoms with Gasteiger partial charge in [-0.15, -0.1) is 9.20 Å². The number of hydrogen-bond acceptors (Lipinski definition) is 2. The topological polar surface area (TPSA) is 34.6 Å². The fraction of sp³-hybridized carbons (Fsp3) is 0.385. The fourth-order valence-corrected chi connectivity index (χ4v) is 1.87. The van der Waals surface area contributed by atoms with E-state index in [9.17, 15) is 4.79 Å². The summed E-state index contributed by atoms with van der Waals surface area (Å²) in [5, 5.41) is 0. The minimum atomic E-state index is -0.268. The van der Waals surface area contributed by atoms with E-state index < -0.39 is 0 Å². The maximum Gasteiger partial charge on any atom is 0.346 e. The normalized spacial score (nSPS) is 11.1. The van der Waals surface area contributed by atoms with Gasteiger partial charge in [0.2, 0.25) is 6.20 Å². The summed E-state index contributed by atoms with van der Waals surface area (Å²) in [5.41, 5.74) is 1.49. The van der Waals surface area contributed by atoms with E-state index in [1.54, 1.807) is 0 Å². The summed E-state index contributed by atoms with van der Waals surface area (Å²) in [6.07, 6.45) is 3.79. The molecule has 2 rings (SSSR count). The summed E-state index contributed by atoms with van der Waals surface area (Å²) in [6.45, 7) is 6.36. The molecule has 90 valence electrons. The molecule has 0 saturated heterocycles. The molecule has 0 spiro atoms. The van der Waals surface area contributed by atoms with Crippen molar-refractivity contribution in [1.82, 2.24) is 4.52 Å². The minimum absolute atomic E-state index is 0.268. The minimum Gasteiger partial charge on any atom is -0.462 e. The van der Waals surface area contributed by atoms with Crippen molar-refractivity contribution >= 4 is 11.5 Å². The molecule has 0 fully saturated rings. The predicted octanol–water partition coefficient (Wildman–Crippen LogP) is 1.98. The average Bonchev–Trinajstić information content (AvgIpc) is 2.69. The first kappa shape index (κ1) is 11.6. The Labute approximate surface area is 100 Å². The summed E-state index contributed by atoms with van der Waals surface area (Å²) in [6, 6.07) is 6.07. The number of carbonyl (C=O) groups is 1. The van der Waals surface area contributed by atoms with Crippen molar-refractivity contribution in [2.75, 3.05) is 6.61 Å². The Bertz CT molecular complexity index is 543. The van der Waals surface area contributed by atoms with Gasteiger partial charge in [0.1, 0.15) is 5.52 Å². The van der Waals surface area contributed by atoms with Gasteiger partial charge in [0.05, 0.1) is 12.8 Å². The molecule has 0 saturated carbocycles. The monoisotopic (exact) mass is 233 g/mol. The third kappa shape index (κ3) is 2.02. The van der Waals surface area contributed by atoms with Crippen molar-refractivity contribution in [1.29, 1.82) is 0 Å². The molecular formula is C13H17N2O2+. The number of nitrogens with zero attached hydrogens (tertiary/aromatic N) is 2. The highest BCUT2D eigenvalue weighted by atomic mass is 16.5. The highest BCUT2D eigenvalue weighted by Crippen LogP contribution is 2.11. The van der Waals surface area contributed by atoms with Gasteiger partial charge in [0.25, 0.3) is 0 Å². The SMILES string of the molecule is CCOC(=O)c1c[n+](C(C)C)n2ccccc12. The number of aromatic nitrogens is 2. The molecule has 0 radical (unpaired) electrons.